The molecule has 1 N–H and O–H groups in total. The van der Waals surface area contributed by atoms with Crippen LogP contribution in [0.25, 0.3) is 28.0 Å². The maximum Gasteiger partial charge on any atom is 0.158 e. The van der Waals surface area contributed by atoms with E-state index in [0.717, 1.165) is 22.6 Å². The van der Waals surface area contributed by atoms with Crippen molar-refractivity contribution in [3.8, 4) is 16.9 Å². The van der Waals surface area contributed by atoms with Crippen LogP contribution in [0.2, 0.25) is 10.0 Å². The highest BCUT2D eigenvalue weighted by Gasteiger charge is 2.20. The van der Waals surface area contributed by atoms with Crippen LogP contribution in [-0.4, -0.2) is 24.7 Å². The van der Waals surface area contributed by atoms with Crippen LogP contribution in [0, 0.1) is 0 Å². The summed E-state index contributed by atoms with van der Waals surface area (Å²) in [5.74, 6) is 0.622. The van der Waals surface area contributed by atoms with Crippen molar-refractivity contribution in [2.75, 3.05) is 5.32 Å². The number of aromatic nitrogens is 5. The van der Waals surface area contributed by atoms with Gasteiger partial charge in [0.1, 0.15) is 17.5 Å². The van der Waals surface area contributed by atoms with Gasteiger partial charge in [-0.1, -0.05) is 53.5 Å². The molecule has 3 heterocycles. The molecule has 0 amide bonds. The maximum absolute atomic E-state index is 6.51. The second-order valence-corrected chi connectivity index (χ2v) is 7.66. The summed E-state index contributed by atoms with van der Waals surface area (Å²) < 4.78 is 1.80. The molecule has 0 saturated carbocycles. The summed E-state index contributed by atoms with van der Waals surface area (Å²) in [7, 11) is 0. The van der Waals surface area contributed by atoms with Gasteiger partial charge in [-0.05, 0) is 36.4 Å². The topological polar surface area (TPSA) is 68.5 Å². The molecule has 5 rings (SSSR count). The summed E-state index contributed by atoms with van der Waals surface area (Å²) in [6.45, 7) is 0.516. The van der Waals surface area contributed by atoms with Crippen molar-refractivity contribution < 1.29 is 0 Å². The molecule has 0 bridgehead atoms. The number of rotatable bonds is 5. The number of halogens is 2. The van der Waals surface area contributed by atoms with Gasteiger partial charge in [-0.25, -0.2) is 14.6 Å². The summed E-state index contributed by atoms with van der Waals surface area (Å²) >= 11 is 12.6. The number of nitrogens with zero attached hydrogens (tertiary/aromatic N) is 5. The lowest BCUT2D eigenvalue weighted by atomic mass is 10.1. The zero-order chi connectivity index (χ0) is 21.2. The highest BCUT2D eigenvalue weighted by Crippen LogP contribution is 2.34. The maximum atomic E-state index is 6.51. The van der Waals surface area contributed by atoms with Crippen molar-refractivity contribution in [3.63, 3.8) is 0 Å². The van der Waals surface area contributed by atoms with Crippen LogP contribution < -0.4 is 5.32 Å². The molecule has 0 spiro atoms. The first-order valence-electron chi connectivity index (χ1n) is 9.59. The lowest BCUT2D eigenvalue weighted by Gasteiger charge is -2.09. The largest absolute Gasteiger partial charge is 0.362 e. The summed E-state index contributed by atoms with van der Waals surface area (Å²) in [4.78, 5) is 13.3. The molecule has 3 aromatic heterocycles. The number of fused-ring (bicyclic) bond motifs is 1. The van der Waals surface area contributed by atoms with E-state index in [1.165, 1.54) is 6.33 Å². The SMILES string of the molecule is Clc1ccc(-c2c3ncnc(NCc4ccccn4)c3nn2-c2ccccc2Cl)cc1. The number of nitrogens with one attached hydrogen (secondary N) is 1. The third kappa shape index (κ3) is 3.83. The summed E-state index contributed by atoms with van der Waals surface area (Å²) in [6, 6.07) is 20.9. The van der Waals surface area contributed by atoms with Gasteiger partial charge < -0.3 is 5.32 Å². The fourth-order valence-electron chi connectivity index (χ4n) is 3.37. The standard InChI is InChI=1S/C23H16Cl2N6/c24-16-10-8-15(9-11-16)22-20-21(30-31(22)19-7-2-1-6-18(19)25)23(29-14-28-20)27-13-17-5-3-4-12-26-17/h1-12,14H,13H2,(H,27,28,29). The second kappa shape index (κ2) is 8.34. The van der Waals surface area contributed by atoms with E-state index < -0.39 is 0 Å². The van der Waals surface area contributed by atoms with Gasteiger partial charge in [0, 0.05) is 16.8 Å². The first-order chi connectivity index (χ1) is 15.2. The summed E-state index contributed by atoms with van der Waals surface area (Å²) in [5.41, 5.74) is 4.73. The lowest BCUT2D eigenvalue weighted by molar-refractivity contribution is 0.902. The fraction of sp³-hybridized carbons (Fsp3) is 0.0435. The van der Waals surface area contributed by atoms with E-state index in [-0.39, 0.29) is 0 Å². The Balaban J connectivity index is 1.68. The Bertz CT molecular complexity index is 1350. The number of pyridine rings is 1. The molecule has 152 valence electrons. The van der Waals surface area contributed by atoms with E-state index in [1.807, 2.05) is 66.7 Å². The number of hydrogen-bond donors (Lipinski definition) is 1. The number of para-hydroxylation sites is 1. The molecule has 0 aliphatic heterocycles. The normalized spacial score (nSPS) is 11.0. The highest BCUT2D eigenvalue weighted by atomic mass is 35.5. The minimum atomic E-state index is 0.516. The summed E-state index contributed by atoms with van der Waals surface area (Å²) in [5, 5.41) is 9.42. The van der Waals surface area contributed by atoms with Crippen molar-refractivity contribution in [2.45, 2.75) is 6.54 Å². The van der Waals surface area contributed by atoms with Crippen LogP contribution >= 0.6 is 23.2 Å². The Morgan fingerprint density at radius 1 is 0.806 bits per heavy atom. The minimum absolute atomic E-state index is 0.516. The van der Waals surface area contributed by atoms with Crippen LogP contribution in [0.1, 0.15) is 5.69 Å². The first-order valence-corrected chi connectivity index (χ1v) is 10.3. The molecule has 5 aromatic rings. The van der Waals surface area contributed by atoms with Gasteiger partial charge in [0.15, 0.2) is 11.3 Å². The van der Waals surface area contributed by atoms with Crippen molar-refractivity contribution in [2.24, 2.45) is 0 Å². The molecule has 8 heteroatoms. The van der Waals surface area contributed by atoms with Gasteiger partial charge in [-0.15, -0.1) is 0 Å². The zero-order valence-electron chi connectivity index (χ0n) is 16.2. The Hall–Kier alpha value is -3.48. The molecule has 0 fully saturated rings. The predicted molar refractivity (Wildman–Crippen MR) is 124 cm³/mol. The van der Waals surface area contributed by atoms with Crippen molar-refractivity contribution in [3.05, 3.63) is 95.0 Å². The fourth-order valence-corrected chi connectivity index (χ4v) is 3.71. The Labute approximate surface area is 188 Å². The average molecular weight is 447 g/mol. The van der Waals surface area contributed by atoms with Gasteiger partial charge in [0.2, 0.25) is 0 Å². The van der Waals surface area contributed by atoms with Gasteiger partial charge >= 0.3 is 0 Å². The second-order valence-electron chi connectivity index (χ2n) is 6.81. The molecule has 0 unspecified atom stereocenters. The quantitative estimate of drug-likeness (QED) is 0.369. The summed E-state index contributed by atoms with van der Waals surface area (Å²) in [6.07, 6.45) is 3.29. The lowest BCUT2D eigenvalue weighted by Crippen LogP contribution is -2.04. The monoisotopic (exact) mass is 446 g/mol. The molecule has 2 aromatic carbocycles. The number of hydrogen-bond acceptors (Lipinski definition) is 5. The van der Waals surface area contributed by atoms with E-state index in [9.17, 15) is 0 Å². The van der Waals surface area contributed by atoms with Crippen LogP contribution in [-0.2, 0) is 6.54 Å². The van der Waals surface area contributed by atoms with E-state index in [0.29, 0.717) is 33.4 Å². The van der Waals surface area contributed by atoms with Crippen molar-refractivity contribution >= 4 is 40.1 Å². The van der Waals surface area contributed by atoms with E-state index in [2.05, 4.69) is 20.3 Å². The minimum Gasteiger partial charge on any atom is -0.362 e. The average Bonchev–Trinajstić information content (AvgIpc) is 3.19. The van der Waals surface area contributed by atoms with Gasteiger partial charge in [0.25, 0.3) is 0 Å². The first kappa shape index (κ1) is 19.5. The van der Waals surface area contributed by atoms with E-state index >= 15 is 0 Å². The van der Waals surface area contributed by atoms with Crippen LogP contribution in [0.3, 0.4) is 0 Å². The van der Waals surface area contributed by atoms with Crippen LogP contribution in [0.15, 0.2) is 79.3 Å². The molecule has 0 radical (unpaired) electrons. The van der Waals surface area contributed by atoms with Gasteiger partial charge in [-0.2, -0.15) is 5.10 Å². The molecule has 31 heavy (non-hydrogen) atoms. The van der Waals surface area contributed by atoms with Crippen molar-refractivity contribution in [1.82, 2.24) is 24.7 Å². The molecular formula is C23H16Cl2N6. The van der Waals surface area contributed by atoms with E-state index in [1.54, 1.807) is 10.9 Å². The number of benzene rings is 2. The van der Waals surface area contributed by atoms with Crippen molar-refractivity contribution in [1.29, 1.82) is 0 Å². The van der Waals surface area contributed by atoms with Gasteiger partial charge in [0.05, 0.1) is 22.9 Å². The van der Waals surface area contributed by atoms with Crippen LogP contribution in [0.5, 0.6) is 0 Å². The molecule has 6 nitrogen and oxygen atoms in total. The Morgan fingerprint density at radius 2 is 1.61 bits per heavy atom. The molecule has 0 aliphatic rings. The smallest absolute Gasteiger partial charge is 0.158 e. The van der Waals surface area contributed by atoms with Gasteiger partial charge in [-0.3, -0.25) is 4.98 Å². The Kier molecular flexibility index (Phi) is 5.24. The molecule has 0 atom stereocenters. The molecule has 0 saturated heterocycles. The highest BCUT2D eigenvalue weighted by molar-refractivity contribution is 6.32. The van der Waals surface area contributed by atoms with E-state index in [4.69, 9.17) is 28.3 Å². The number of anilines is 1. The third-order valence-electron chi connectivity index (χ3n) is 4.82. The third-order valence-corrected chi connectivity index (χ3v) is 5.39. The molecule has 0 aliphatic carbocycles. The zero-order valence-corrected chi connectivity index (χ0v) is 17.7. The molecular weight excluding hydrogens is 431 g/mol. The van der Waals surface area contributed by atoms with Crippen LogP contribution in [0.4, 0.5) is 5.82 Å². The Morgan fingerprint density at radius 3 is 2.39 bits per heavy atom. The predicted octanol–water partition coefficient (Wildman–Crippen LogP) is 5.80.